The molecule has 0 amide bonds. The van der Waals surface area contributed by atoms with Crippen LogP contribution in [0.3, 0.4) is 0 Å². The molecule has 0 aliphatic heterocycles. The lowest BCUT2D eigenvalue weighted by Crippen LogP contribution is -2.09. The number of Topliss-reactive ketones (excluding diaryl/α,β-unsaturated/α-hetero) is 1. The molecule has 2 atom stereocenters. The molecule has 0 spiro atoms. The average Bonchev–Trinajstić information content (AvgIpc) is 2.75. The van der Waals surface area contributed by atoms with Crippen LogP contribution in [0.5, 0.6) is 0 Å². The monoisotopic (exact) mass is 216 g/mol. The molecule has 0 radical (unpaired) electrons. The molecule has 2 aliphatic carbocycles. The number of fused-ring (bicyclic) bond motifs is 1. The van der Waals surface area contributed by atoms with Gasteiger partial charge in [-0.25, -0.2) is 0 Å². The van der Waals surface area contributed by atoms with Gasteiger partial charge >= 0.3 is 0 Å². The van der Waals surface area contributed by atoms with E-state index in [4.69, 9.17) is 0 Å². The molecular weight excluding hydrogens is 196 g/mol. The molecule has 0 unspecified atom stereocenters. The fourth-order valence-electron chi connectivity index (χ4n) is 2.66. The zero-order chi connectivity index (χ0) is 11.9. The lowest BCUT2D eigenvalue weighted by molar-refractivity contribution is -0.115. The fraction of sp³-hybridized carbons (Fsp3) is 0.533. The normalized spacial score (nSPS) is 38.8. The summed E-state index contributed by atoms with van der Waals surface area (Å²) in [4.78, 5) is 12.2. The Morgan fingerprint density at radius 2 is 2.12 bits per heavy atom. The van der Waals surface area contributed by atoms with E-state index in [2.05, 4.69) is 39.0 Å². The standard InChI is InChI=1S/C15H20O/c1-10(2)14-12-9-15(12,4)7-5-6-11(3)8-13(14)16/h5-7,12H,8-9H2,1-4H3/b7-5+,11-6-/t12-,15-/m0/s1. The summed E-state index contributed by atoms with van der Waals surface area (Å²) < 4.78 is 0. The van der Waals surface area contributed by atoms with Gasteiger partial charge in [0.2, 0.25) is 0 Å². The number of rotatable bonds is 0. The first-order valence-corrected chi connectivity index (χ1v) is 5.99. The molecule has 2 rings (SSSR count). The summed E-state index contributed by atoms with van der Waals surface area (Å²) in [5.41, 5.74) is 3.66. The van der Waals surface area contributed by atoms with Gasteiger partial charge in [0, 0.05) is 6.42 Å². The van der Waals surface area contributed by atoms with Gasteiger partial charge in [-0.2, -0.15) is 0 Å². The molecule has 1 saturated carbocycles. The highest BCUT2D eigenvalue weighted by Crippen LogP contribution is 2.58. The molecule has 16 heavy (non-hydrogen) atoms. The lowest BCUT2D eigenvalue weighted by atomic mass is 9.93. The quantitative estimate of drug-likeness (QED) is 0.562. The highest BCUT2D eigenvalue weighted by molar-refractivity contribution is 5.98. The Bertz CT molecular complexity index is 419. The molecule has 0 saturated heterocycles. The molecule has 0 bridgehead atoms. The van der Waals surface area contributed by atoms with Crippen molar-refractivity contribution < 1.29 is 4.79 Å². The van der Waals surface area contributed by atoms with E-state index in [-0.39, 0.29) is 5.41 Å². The van der Waals surface area contributed by atoms with Gasteiger partial charge in [0.25, 0.3) is 0 Å². The Hall–Kier alpha value is -1.11. The molecule has 0 aromatic heterocycles. The lowest BCUT2D eigenvalue weighted by Gasteiger charge is -2.10. The van der Waals surface area contributed by atoms with Crippen molar-refractivity contribution in [2.45, 2.75) is 40.5 Å². The van der Waals surface area contributed by atoms with Gasteiger partial charge in [-0.15, -0.1) is 0 Å². The Morgan fingerprint density at radius 3 is 2.75 bits per heavy atom. The zero-order valence-corrected chi connectivity index (χ0v) is 10.6. The minimum absolute atomic E-state index is 0.226. The maximum Gasteiger partial charge on any atom is 0.163 e. The second kappa shape index (κ2) is 3.73. The molecule has 0 N–H and O–H groups in total. The van der Waals surface area contributed by atoms with E-state index in [1.165, 1.54) is 5.57 Å². The molecule has 0 aromatic rings. The van der Waals surface area contributed by atoms with Gasteiger partial charge < -0.3 is 0 Å². The van der Waals surface area contributed by atoms with E-state index in [9.17, 15) is 4.79 Å². The third-order valence-electron chi connectivity index (χ3n) is 3.76. The van der Waals surface area contributed by atoms with E-state index in [1.54, 1.807) is 0 Å². The largest absolute Gasteiger partial charge is 0.294 e. The second-order valence-corrected chi connectivity index (χ2v) is 5.65. The van der Waals surface area contributed by atoms with E-state index in [0.29, 0.717) is 18.1 Å². The number of ketones is 1. The van der Waals surface area contributed by atoms with E-state index < -0.39 is 0 Å². The van der Waals surface area contributed by atoms with Crippen LogP contribution in [-0.4, -0.2) is 5.78 Å². The van der Waals surface area contributed by atoms with Crippen LogP contribution in [0.15, 0.2) is 34.9 Å². The van der Waals surface area contributed by atoms with Gasteiger partial charge in [-0.1, -0.05) is 36.3 Å². The van der Waals surface area contributed by atoms with Crippen LogP contribution in [0, 0.1) is 11.3 Å². The molecule has 0 aromatic carbocycles. The minimum Gasteiger partial charge on any atom is -0.294 e. The van der Waals surface area contributed by atoms with Crippen molar-refractivity contribution in [2.75, 3.05) is 0 Å². The average molecular weight is 216 g/mol. The summed E-state index contributed by atoms with van der Waals surface area (Å²) in [7, 11) is 0. The molecule has 1 heteroatoms. The van der Waals surface area contributed by atoms with Gasteiger partial charge in [-0.3, -0.25) is 4.79 Å². The first-order chi connectivity index (χ1) is 7.44. The molecular formula is C15H20O. The van der Waals surface area contributed by atoms with Crippen LogP contribution in [0.1, 0.15) is 40.5 Å². The molecule has 1 fully saturated rings. The highest BCUT2D eigenvalue weighted by atomic mass is 16.1. The maximum atomic E-state index is 12.2. The smallest absolute Gasteiger partial charge is 0.163 e. The topological polar surface area (TPSA) is 17.1 Å². The summed E-state index contributed by atoms with van der Waals surface area (Å²) in [6.45, 7) is 8.41. The number of hydrogen-bond acceptors (Lipinski definition) is 1. The van der Waals surface area contributed by atoms with Gasteiger partial charge in [-0.05, 0) is 44.1 Å². The number of carbonyl (C=O) groups excluding carboxylic acids is 1. The third-order valence-corrected chi connectivity index (χ3v) is 3.76. The number of hydrogen-bond donors (Lipinski definition) is 0. The van der Waals surface area contributed by atoms with E-state index in [0.717, 1.165) is 17.6 Å². The van der Waals surface area contributed by atoms with Crippen LogP contribution >= 0.6 is 0 Å². The molecule has 1 nitrogen and oxygen atoms in total. The SMILES string of the molecule is CC(C)=C1C(=O)C/C(C)=C\C=C\[C@@]2(C)C[C@@H]12. The summed E-state index contributed by atoms with van der Waals surface area (Å²) in [6.07, 6.45) is 8.17. The van der Waals surface area contributed by atoms with Crippen molar-refractivity contribution in [1.29, 1.82) is 0 Å². The summed E-state index contributed by atoms with van der Waals surface area (Å²) >= 11 is 0. The van der Waals surface area contributed by atoms with Gasteiger partial charge in [0.1, 0.15) is 0 Å². The van der Waals surface area contributed by atoms with Crippen molar-refractivity contribution in [3.05, 3.63) is 34.9 Å². The van der Waals surface area contributed by atoms with Gasteiger partial charge in [0.15, 0.2) is 5.78 Å². The van der Waals surface area contributed by atoms with Crippen LogP contribution < -0.4 is 0 Å². The maximum absolute atomic E-state index is 12.2. The Balaban J connectivity index is 2.42. The van der Waals surface area contributed by atoms with Crippen LogP contribution in [0.2, 0.25) is 0 Å². The van der Waals surface area contributed by atoms with Crippen LogP contribution in [0.4, 0.5) is 0 Å². The molecule has 2 aliphatic rings. The molecule has 0 heterocycles. The third kappa shape index (κ3) is 1.91. The van der Waals surface area contributed by atoms with Crippen LogP contribution in [-0.2, 0) is 4.79 Å². The van der Waals surface area contributed by atoms with Crippen molar-refractivity contribution in [3.8, 4) is 0 Å². The Labute approximate surface area is 97.9 Å². The predicted molar refractivity (Wildman–Crippen MR) is 67.1 cm³/mol. The fourth-order valence-corrected chi connectivity index (χ4v) is 2.66. The van der Waals surface area contributed by atoms with Gasteiger partial charge in [0.05, 0.1) is 0 Å². The summed E-state index contributed by atoms with van der Waals surface area (Å²) in [5.74, 6) is 0.784. The number of allylic oxidation sites excluding steroid dienone is 6. The zero-order valence-electron chi connectivity index (χ0n) is 10.6. The number of carbonyl (C=O) groups is 1. The van der Waals surface area contributed by atoms with Crippen molar-refractivity contribution in [1.82, 2.24) is 0 Å². The second-order valence-electron chi connectivity index (χ2n) is 5.65. The first-order valence-electron chi connectivity index (χ1n) is 5.99. The Morgan fingerprint density at radius 1 is 1.44 bits per heavy atom. The minimum atomic E-state index is 0.226. The summed E-state index contributed by atoms with van der Waals surface area (Å²) in [5, 5.41) is 0. The van der Waals surface area contributed by atoms with Crippen molar-refractivity contribution in [2.24, 2.45) is 11.3 Å². The van der Waals surface area contributed by atoms with Crippen molar-refractivity contribution >= 4 is 5.78 Å². The summed E-state index contributed by atoms with van der Waals surface area (Å²) in [6, 6.07) is 0. The molecule has 86 valence electrons. The first kappa shape index (κ1) is 11.4. The van der Waals surface area contributed by atoms with Crippen molar-refractivity contribution in [3.63, 3.8) is 0 Å². The predicted octanol–water partition coefficient (Wildman–Crippen LogP) is 3.82. The highest BCUT2D eigenvalue weighted by Gasteiger charge is 2.51. The van der Waals surface area contributed by atoms with Crippen LogP contribution in [0.25, 0.3) is 0 Å². The van der Waals surface area contributed by atoms with E-state index >= 15 is 0 Å². The van der Waals surface area contributed by atoms with E-state index in [1.807, 2.05) is 6.92 Å². The Kier molecular flexibility index (Phi) is 2.65.